The van der Waals surface area contributed by atoms with Crippen LogP contribution in [0.1, 0.15) is 38.9 Å². The van der Waals surface area contributed by atoms with Crippen molar-refractivity contribution in [1.82, 2.24) is 9.55 Å². The molecule has 2 rings (SSSR count). The van der Waals surface area contributed by atoms with Crippen LogP contribution in [-0.2, 0) is 13.0 Å². The second kappa shape index (κ2) is 7.29. The van der Waals surface area contributed by atoms with Gasteiger partial charge in [0.15, 0.2) is 0 Å². The molecule has 2 N–H and O–H groups in total. The minimum absolute atomic E-state index is 0.683. The van der Waals surface area contributed by atoms with Crippen molar-refractivity contribution in [2.45, 2.75) is 46.1 Å². The summed E-state index contributed by atoms with van der Waals surface area (Å²) in [6.45, 7) is 6.63. The van der Waals surface area contributed by atoms with Crippen molar-refractivity contribution >= 4 is 11.0 Å². The number of fused-ring (bicyclic) bond motifs is 1. The number of hydrogen-bond acceptors (Lipinski definition) is 3. The summed E-state index contributed by atoms with van der Waals surface area (Å²) >= 11 is 0. The Kier molecular flexibility index (Phi) is 5.41. The summed E-state index contributed by atoms with van der Waals surface area (Å²) in [4.78, 5) is 4.77. The minimum Gasteiger partial charge on any atom is -0.494 e. The molecular weight excluding hydrogens is 250 g/mol. The lowest BCUT2D eigenvalue weighted by Gasteiger charge is -2.08. The number of imidazole rings is 1. The number of nitrogens with zero attached hydrogens (tertiary/aromatic N) is 2. The Morgan fingerprint density at radius 2 is 2.10 bits per heavy atom. The molecule has 1 aromatic heterocycles. The van der Waals surface area contributed by atoms with Gasteiger partial charge in [0.1, 0.15) is 11.6 Å². The molecule has 0 fully saturated rings. The zero-order valence-electron chi connectivity index (χ0n) is 12.6. The van der Waals surface area contributed by atoms with Gasteiger partial charge >= 0.3 is 0 Å². The van der Waals surface area contributed by atoms with Gasteiger partial charge in [0.25, 0.3) is 0 Å². The maximum atomic E-state index is 5.63. The van der Waals surface area contributed by atoms with Crippen LogP contribution >= 0.6 is 0 Å². The molecule has 0 unspecified atom stereocenters. The third-order valence-electron chi connectivity index (χ3n) is 3.45. The van der Waals surface area contributed by atoms with Gasteiger partial charge in [0.05, 0.1) is 17.6 Å². The standard InChI is InChI=1S/C16H25N3O/c1-3-5-11-19-15-9-8-13(20-4-2)12-14(15)18-16(19)7-6-10-17/h8-9,12H,3-7,10-11,17H2,1-2H3. The Labute approximate surface area is 120 Å². The van der Waals surface area contributed by atoms with Crippen molar-refractivity contribution in [2.24, 2.45) is 5.73 Å². The molecule has 0 amide bonds. The highest BCUT2D eigenvalue weighted by Crippen LogP contribution is 2.23. The Morgan fingerprint density at radius 3 is 2.80 bits per heavy atom. The summed E-state index contributed by atoms with van der Waals surface area (Å²) < 4.78 is 7.89. The third kappa shape index (κ3) is 3.31. The molecule has 0 aliphatic rings. The molecule has 2 aromatic rings. The predicted octanol–water partition coefficient (Wildman–Crippen LogP) is 3.13. The highest BCUT2D eigenvalue weighted by atomic mass is 16.5. The fraction of sp³-hybridized carbons (Fsp3) is 0.562. The molecule has 0 radical (unpaired) electrons. The van der Waals surface area contributed by atoms with Crippen molar-refractivity contribution in [2.75, 3.05) is 13.2 Å². The van der Waals surface area contributed by atoms with Crippen LogP contribution in [0.15, 0.2) is 18.2 Å². The molecule has 1 aromatic carbocycles. The summed E-state index contributed by atoms with van der Waals surface area (Å²) in [6, 6.07) is 6.19. The van der Waals surface area contributed by atoms with Gasteiger partial charge in [-0.05, 0) is 38.4 Å². The number of aromatic nitrogens is 2. The highest BCUT2D eigenvalue weighted by Gasteiger charge is 2.10. The number of unbranched alkanes of at least 4 members (excludes halogenated alkanes) is 1. The van der Waals surface area contributed by atoms with E-state index in [2.05, 4.69) is 17.6 Å². The Morgan fingerprint density at radius 1 is 1.25 bits per heavy atom. The Balaban J connectivity index is 2.36. The summed E-state index contributed by atoms with van der Waals surface area (Å²) in [5.74, 6) is 2.04. The average molecular weight is 275 g/mol. The van der Waals surface area contributed by atoms with Gasteiger partial charge in [-0.15, -0.1) is 0 Å². The first kappa shape index (κ1) is 14.9. The van der Waals surface area contributed by atoms with E-state index in [9.17, 15) is 0 Å². The Hall–Kier alpha value is -1.55. The van der Waals surface area contributed by atoms with Crippen molar-refractivity contribution in [3.05, 3.63) is 24.0 Å². The average Bonchev–Trinajstić information content (AvgIpc) is 2.80. The lowest BCUT2D eigenvalue weighted by atomic mass is 10.2. The smallest absolute Gasteiger partial charge is 0.121 e. The molecule has 4 heteroatoms. The van der Waals surface area contributed by atoms with E-state index in [0.29, 0.717) is 13.2 Å². The van der Waals surface area contributed by atoms with Gasteiger partial charge in [0.2, 0.25) is 0 Å². The SMILES string of the molecule is CCCCn1c(CCCN)nc2cc(OCC)ccc21. The first-order valence-corrected chi connectivity index (χ1v) is 7.62. The number of rotatable bonds is 8. The van der Waals surface area contributed by atoms with Crippen molar-refractivity contribution in [1.29, 1.82) is 0 Å². The van der Waals surface area contributed by atoms with Crippen LogP contribution < -0.4 is 10.5 Å². The van der Waals surface area contributed by atoms with Gasteiger partial charge in [-0.2, -0.15) is 0 Å². The van der Waals surface area contributed by atoms with E-state index in [-0.39, 0.29) is 0 Å². The predicted molar refractivity (Wildman–Crippen MR) is 83.2 cm³/mol. The lowest BCUT2D eigenvalue weighted by molar-refractivity contribution is 0.340. The zero-order chi connectivity index (χ0) is 14.4. The first-order chi connectivity index (χ1) is 9.80. The van der Waals surface area contributed by atoms with Crippen molar-refractivity contribution in [3.8, 4) is 5.75 Å². The molecule has 0 aliphatic carbocycles. The molecular formula is C16H25N3O. The van der Waals surface area contributed by atoms with Crippen LogP contribution in [0.4, 0.5) is 0 Å². The van der Waals surface area contributed by atoms with Crippen LogP contribution in [0.5, 0.6) is 5.75 Å². The quantitative estimate of drug-likeness (QED) is 0.805. The van der Waals surface area contributed by atoms with E-state index in [1.54, 1.807) is 0 Å². The van der Waals surface area contributed by atoms with Gasteiger partial charge in [-0.1, -0.05) is 13.3 Å². The summed E-state index contributed by atoms with van der Waals surface area (Å²) in [5, 5.41) is 0. The second-order valence-electron chi connectivity index (χ2n) is 5.01. The summed E-state index contributed by atoms with van der Waals surface area (Å²) in [6.07, 6.45) is 4.29. The van der Waals surface area contributed by atoms with Crippen LogP contribution in [0.25, 0.3) is 11.0 Å². The highest BCUT2D eigenvalue weighted by molar-refractivity contribution is 5.77. The normalized spacial score (nSPS) is 11.2. The zero-order valence-corrected chi connectivity index (χ0v) is 12.6. The van der Waals surface area contributed by atoms with Crippen molar-refractivity contribution in [3.63, 3.8) is 0 Å². The van der Waals surface area contributed by atoms with Gasteiger partial charge in [-0.25, -0.2) is 4.98 Å². The molecule has 0 spiro atoms. The minimum atomic E-state index is 0.683. The third-order valence-corrected chi connectivity index (χ3v) is 3.45. The number of hydrogen-bond donors (Lipinski definition) is 1. The molecule has 4 nitrogen and oxygen atoms in total. The number of aryl methyl sites for hydroxylation is 2. The molecule has 0 saturated carbocycles. The Bertz CT molecular complexity index is 548. The number of ether oxygens (including phenoxy) is 1. The van der Waals surface area contributed by atoms with Gasteiger partial charge in [-0.3, -0.25) is 0 Å². The maximum Gasteiger partial charge on any atom is 0.121 e. The van der Waals surface area contributed by atoms with E-state index in [1.807, 2.05) is 19.1 Å². The van der Waals surface area contributed by atoms with E-state index in [0.717, 1.165) is 36.5 Å². The topological polar surface area (TPSA) is 53.1 Å². The van der Waals surface area contributed by atoms with E-state index in [4.69, 9.17) is 15.5 Å². The first-order valence-electron chi connectivity index (χ1n) is 7.62. The van der Waals surface area contributed by atoms with E-state index < -0.39 is 0 Å². The molecule has 0 aliphatic heterocycles. The monoisotopic (exact) mass is 275 g/mol. The van der Waals surface area contributed by atoms with Gasteiger partial charge in [0, 0.05) is 19.0 Å². The van der Waals surface area contributed by atoms with Crippen LogP contribution in [0, 0.1) is 0 Å². The van der Waals surface area contributed by atoms with Gasteiger partial charge < -0.3 is 15.0 Å². The van der Waals surface area contributed by atoms with E-state index >= 15 is 0 Å². The fourth-order valence-corrected chi connectivity index (χ4v) is 2.43. The molecule has 0 bridgehead atoms. The lowest BCUT2D eigenvalue weighted by Crippen LogP contribution is -2.07. The van der Waals surface area contributed by atoms with Crippen LogP contribution in [-0.4, -0.2) is 22.7 Å². The molecule has 0 atom stereocenters. The molecule has 20 heavy (non-hydrogen) atoms. The largest absolute Gasteiger partial charge is 0.494 e. The molecule has 110 valence electrons. The van der Waals surface area contributed by atoms with Crippen LogP contribution in [0.3, 0.4) is 0 Å². The number of nitrogens with two attached hydrogens (primary N) is 1. The van der Waals surface area contributed by atoms with Crippen LogP contribution in [0.2, 0.25) is 0 Å². The molecule has 1 heterocycles. The summed E-state index contributed by atoms with van der Waals surface area (Å²) in [5.41, 5.74) is 7.86. The fourth-order valence-electron chi connectivity index (χ4n) is 2.43. The molecule has 0 saturated heterocycles. The van der Waals surface area contributed by atoms with Crippen molar-refractivity contribution < 1.29 is 4.74 Å². The summed E-state index contributed by atoms with van der Waals surface area (Å²) in [7, 11) is 0. The second-order valence-corrected chi connectivity index (χ2v) is 5.01. The maximum absolute atomic E-state index is 5.63. The number of benzene rings is 1. The van der Waals surface area contributed by atoms with E-state index in [1.165, 1.54) is 18.4 Å².